The Morgan fingerprint density at radius 1 is 1.33 bits per heavy atom. The smallest absolute Gasteiger partial charge is 0.258 e. The van der Waals surface area contributed by atoms with Gasteiger partial charge in [-0.1, -0.05) is 25.0 Å². The van der Waals surface area contributed by atoms with Crippen LogP contribution >= 0.6 is 0 Å². The number of H-pyrrole nitrogens is 1. The van der Waals surface area contributed by atoms with Gasteiger partial charge in [0.1, 0.15) is 11.6 Å². The van der Waals surface area contributed by atoms with Gasteiger partial charge in [-0.05, 0) is 37.3 Å². The van der Waals surface area contributed by atoms with E-state index in [2.05, 4.69) is 9.97 Å². The molecule has 1 fully saturated rings. The molecular weight excluding hydrogens is 271 g/mol. The second-order valence-corrected chi connectivity index (χ2v) is 5.60. The summed E-state index contributed by atoms with van der Waals surface area (Å²) in [6, 6.07) is 4.60. The molecule has 1 aliphatic carbocycles. The molecule has 0 spiro atoms. The SMILES string of the molecule is Cc1ccc(-c2nc(O)c(C3CCCC3)c(=O)[nH]2)cc1F. The second kappa shape index (κ2) is 5.31. The minimum Gasteiger partial charge on any atom is -0.493 e. The molecule has 2 N–H and O–H groups in total. The number of aromatic nitrogens is 2. The first-order valence-corrected chi connectivity index (χ1v) is 7.16. The summed E-state index contributed by atoms with van der Waals surface area (Å²) in [6.45, 7) is 1.66. The molecule has 110 valence electrons. The van der Waals surface area contributed by atoms with E-state index in [-0.39, 0.29) is 29.0 Å². The maximum Gasteiger partial charge on any atom is 0.258 e. The summed E-state index contributed by atoms with van der Waals surface area (Å²) in [4.78, 5) is 18.9. The number of aromatic amines is 1. The molecule has 1 heterocycles. The normalized spacial score (nSPS) is 15.5. The summed E-state index contributed by atoms with van der Waals surface area (Å²) in [6.07, 6.45) is 3.93. The predicted octanol–water partition coefficient (Wildman–Crippen LogP) is 3.25. The van der Waals surface area contributed by atoms with E-state index >= 15 is 0 Å². The molecule has 0 atom stereocenters. The quantitative estimate of drug-likeness (QED) is 0.891. The highest BCUT2D eigenvalue weighted by Crippen LogP contribution is 2.35. The van der Waals surface area contributed by atoms with E-state index in [0.29, 0.717) is 16.7 Å². The molecule has 0 bridgehead atoms. The minimum atomic E-state index is -0.366. The molecule has 0 saturated heterocycles. The van der Waals surface area contributed by atoms with E-state index in [1.165, 1.54) is 6.07 Å². The Kier molecular flexibility index (Phi) is 3.49. The summed E-state index contributed by atoms with van der Waals surface area (Å²) >= 11 is 0. The van der Waals surface area contributed by atoms with Crippen LogP contribution in [-0.4, -0.2) is 15.1 Å². The van der Waals surface area contributed by atoms with Gasteiger partial charge < -0.3 is 10.1 Å². The zero-order valence-corrected chi connectivity index (χ0v) is 11.8. The van der Waals surface area contributed by atoms with Crippen molar-refractivity contribution in [2.75, 3.05) is 0 Å². The number of hydrogen-bond acceptors (Lipinski definition) is 3. The Bertz CT molecular complexity index is 734. The fraction of sp³-hybridized carbons (Fsp3) is 0.375. The Hall–Kier alpha value is -2.17. The van der Waals surface area contributed by atoms with E-state index in [0.717, 1.165) is 25.7 Å². The van der Waals surface area contributed by atoms with Crippen molar-refractivity contribution in [3.8, 4) is 17.3 Å². The minimum absolute atomic E-state index is 0.0741. The van der Waals surface area contributed by atoms with Crippen LogP contribution in [0.4, 0.5) is 4.39 Å². The van der Waals surface area contributed by atoms with Crippen LogP contribution in [0.25, 0.3) is 11.4 Å². The summed E-state index contributed by atoms with van der Waals surface area (Å²) in [5, 5.41) is 10.1. The zero-order valence-electron chi connectivity index (χ0n) is 11.8. The zero-order chi connectivity index (χ0) is 15.0. The highest BCUT2D eigenvalue weighted by molar-refractivity contribution is 5.56. The fourth-order valence-electron chi connectivity index (χ4n) is 2.93. The third-order valence-corrected chi connectivity index (χ3v) is 4.14. The molecule has 0 unspecified atom stereocenters. The number of rotatable bonds is 2. The van der Waals surface area contributed by atoms with Crippen molar-refractivity contribution in [2.24, 2.45) is 0 Å². The molecule has 5 heteroatoms. The number of nitrogens with zero attached hydrogens (tertiary/aromatic N) is 1. The van der Waals surface area contributed by atoms with Crippen molar-refractivity contribution in [3.63, 3.8) is 0 Å². The van der Waals surface area contributed by atoms with Crippen LogP contribution in [0.3, 0.4) is 0 Å². The first-order chi connectivity index (χ1) is 10.1. The number of aryl methyl sites for hydroxylation is 1. The van der Waals surface area contributed by atoms with Gasteiger partial charge in [-0.25, -0.2) is 4.39 Å². The van der Waals surface area contributed by atoms with Crippen molar-refractivity contribution < 1.29 is 9.50 Å². The molecule has 2 aromatic rings. The molecule has 0 amide bonds. The van der Waals surface area contributed by atoms with Crippen molar-refractivity contribution >= 4 is 0 Å². The van der Waals surface area contributed by atoms with Crippen LogP contribution in [0.15, 0.2) is 23.0 Å². The van der Waals surface area contributed by atoms with Gasteiger partial charge in [0.2, 0.25) is 5.88 Å². The van der Waals surface area contributed by atoms with Crippen LogP contribution < -0.4 is 5.56 Å². The van der Waals surface area contributed by atoms with E-state index in [1.54, 1.807) is 19.1 Å². The van der Waals surface area contributed by atoms with Crippen molar-refractivity contribution in [1.82, 2.24) is 9.97 Å². The molecule has 1 aromatic heterocycles. The lowest BCUT2D eigenvalue weighted by atomic mass is 10.00. The lowest BCUT2D eigenvalue weighted by Gasteiger charge is -2.11. The standard InChI is InChI=1S/C16H17FN2O2/c1-9-6-7-11(8-12(9)17)14-18-15(20)13(16(21)19-14)10-4-2-3-5-10/h6-8,10H,2-5H2,1H3,(H2,18,19,20,21). The molecule has 0 radical (unpaired) electrons. The molecular formula is C16H17FN2O2. The van der Waals surface area contributed by atoms with Gasteiger partial charge in [0.25, 0.3) is 5.56 Å². The van der Waals surface area contributed by atoms with Crippen LogP contribution in [0, 0.1) is 12.7 Å². The molecule has 0 aliphatic heterocycles. The highest BCUT2D eigenvalue weighted by atomic mass is 19.1. The van der Waals surface area contributed by atoms with Crippen LogP contribution in [0.1, 0.15) is 42.7 Å². The van der Waals surface area contributed by atoms with Gasteiger partial charge in [0.05, 0.1) is 5.56 Å². The van der Waals surface area contributed by atoms with Crippen LogP contribution in [0.2, 0.25) is 0 Å². The molecule has 1 aliphatic rings. The Morgan fingerprint density at radius 2 is 2.05 bits per heavy atom. The average molecular weight is 288 g/mol. The first kappa shape index (κ1) is 13.8. The van der Waals surface area contributed by atoms with E-state index in [9.17, 15) is 14.3 Å². The van der Waals surface area contributed by atoms with Gasteiger partial charge in [0.15, 0.2) is 0 Å². The van der Waals surface area contributed by atoms with E-state index in [4.69, 9.17) is 0 Å². The van der Waals surface area contributed by atoms with Crippen LogP contribution in [0.5, 0.6) is 5.88 Å². The van der Waals surface area contributed by atoms with Gasteiger partial charge >= 0.3 is 0 Å². The first-order valence-electron chi connectivity index (χ1n) is 7.16. The topological polar surface area (TPSA) is 66.0 Å². The molecule has 1 aromatic carbocycles. The molecule has 4 nitrogen and oxygen atoms in total. The molecule has 21 heavy (non-hydrogen) atoms. The monoisotopic (exact) mass is 288 g/mol. The maximum absolute atomic E-state index is 13.6. The summed E-state index contributed by atoms with van der Waals surface area (Å²) in [5.41, 5.74) is 1.01. The fourth-order valence-corrected chi connectivity index (χ4v) is 2.93. The van der Waals surface area contributed by atoms with E-state index < -0.39 is 0 Å². The molecule has 3 rings (SSSR count). The summed E-state index contributed by atoms with van der Waals surface area (Å²) < 4.78 is 13.6. The largest absolute Gasteiger partial charge is 0.493 e. The van der Waals surface area contributed by atoms with Gasteiger partial charge in [-0.15, -0.1) is 0 Å². The number of aromatic hydroxyl groups is 1. The Balaban J connectivity index is 2.05. The van der Waals surface area contributed by atoms with Crippen molar-refractivity contribution in [2.45, 2.75) is 38.5 Å². The average Bonchev–Trinajstić information content (AvgIpc) is 2.95. The third kappa shape index (κ3) is 2.55. The highest BCUT2D eigenvalue weighted by Gasteiger charge is 2.24. The lowest BCUT2D eigenvalue weighted by molar-refractivity contribution is 0.436. The summed E-state index contributed by atoms with van der Waals surface area (Å²) in [7, 11) is 0. The second-order valence-electron chi connectivity index (χ2n) is 5.60. The number of halogens is 1. The van der Waals surface area contributed by atoms with E-state index in [1.807, 2.05) is 0 Å². The predicted molar refractivity (Wildman–Crippen MR) is 77.9 cm³/mol. The van der Waals surface area contributed by atoms with Gasteiger partial charge in [-0.2, -0.15) is 4.98 Å². The van der Waals surface area contributed by atoms with Crippen LogP contribution in [-0.2, 0) is 0 Å². The van der Waals surface area contributed by atoms with Gasteiger partial charge in [-0.3, -0.25) is 4.79 Å². The molecule has 1 saturated carbocycles. The number of nitrogens with one attached hydrogen (secondary N) is 1. The Morgan fingerprint density at radius 3 is 2.67 bits per heavy atom. The van der Waals surface area contributed by atoms with Crippen molar-refractivity contribution in [3.05, 3.63) is 45.5 Å². The summed E-state index contributed by atoms with van der Waals surface area (Å²) in [5.74, 6) is -0.334. The lowest BCUT2D eigenvalue weighted by Crippen LogP contribution is -2.17. The number of benzene rings is 1. The number of hydrogen-bond donors (Lipinski definition) is 2. The third-order valence-electron chi connectivity index (χ3n) is 4.14. The van der Waals surface area contributed by atoms with Gasteiger partial charge in [0, 0.05) is 5.56 Å². The van der Waals surface area contributed by atoms with Crippen molar-refractivity contribution in [1.29, 1.82) is 0 Å². The maximum atomic E-state index is 13.6. The Labute approximate surface area is 121 Å².